The Morgan fingerprint density at radius 1 is 1.16 bits per heavy atom. The summed E-state index contributed by atoms with van der Waals surface area (Å²) in [4.78, 5) is 52.5. The lowest BCUT2D eigenvalue weighted by atomic mass is 9.64. The minimum atomic E-state index is -1.62. The maximum atomic E-state index is 13.4. The quantitative estimate of drug-likeness (QED) is 0.530. The number of hydrogen-bond donors (Lipinski definition) is 2. The van der Waals surface area contributed by atoms with E-state index in [2.05, 4.69) is 10.3 Å². The minimum Gasteiger partial charge on any atom is -0.487 e. The van der Waals surface area contributed by atoms with Crippen LogP contribution in [0.15, 0.2) is 30.5 Å². The SMILES string of the molecule is CC(C)(C)C1N(c2ccc(OCc3cn(CCCO)nn3)cc2)C(=O)CC12CCC(=O)N(C(=O)O)C2=O. The lowest BCUT2D eigenvalue weighted by Gasteiger charge is -2.46. The predicted octanol–water partition coefficient (Wildman–Crippen LogP) is 2.20. The maximum Gasteiger partial charge on any atom is 0.421 e. The highest BCUT2D eigenvalue weighted by molar-refractivity contribution is 6.15. The third-order valence-corrected chi connectivity index (χ3v) is 6.83. The third-order valence-electron chi connectivity index (χ3n) is 6.83. The molecule has 12 nitrogen and oxygen atoms in total. The van der Waals surface area contributed by atoms with Crippen LogP contribution in [0.2, 0.25) is 0 Å². The molecule has 1 aromatic heterocycles. The molecule has 2 N–H and O–H groups in total. The van der Waals surface area contributed by atoms with Gasteiger partial charge >= 0.3 is 6.09 Å². The number of hydrogen-bond acceptors (Lipinski definition) is 8. The highest BCUT2D eigenvalue weighted by Gasteiger charge is 2.64. The molecular formula is C25H31N5O7. The summed E-state index contributed by atoms with van der Waals surface area (Å²) in [7, 11) is 0. The molecule has 3 heterocycles. The molecule has 2 aliphatic rings. The van der Waals surface area contributed by atoms with E-state index in [1.807, 2.05) is 20.8 Å². The van der Waals surface area contributed by atoms with Gasteiger partial charge in [-0.3, -0.25) is 19.1 Å². The van der Waals surface area contributed by atoms with Crippen molar-refractivity contribution >= 4 is 29.5 Å². The summed E-state index contributed by atoms with van der Waals surface area (Å²) < 4.78 is 7.43. The van der Waals surface area contributed by atoms with E-state index in [0.717, 1.165) is 0 Å². The van der Waals surface area contributed by atoms with Gasteiger partial charge in [-0.25, -0.2) is 4.79 Å². The molecule has 198 valence electrons. The van der Waals surface area contributed by atoms with E-state index >= 15 is 0 Å². The summed E-state index contributed by atoms with van der Waals surface area (Å²) in [6.45, 7) is 6.49. The van der Waals surface area contributed by atoms with Crippen molar-refractivity contribution in [1.82, 2.24) is 19.9 Å². The second kappa shape index (κ2) is 9.92. The number of nitrogens with zero attached hydrogens (tertiary/aromatic N) is 5. The van der Waals surface area contributed by atoms with Gasteiger partial charge in [-0.05, 0) is 42.5 Å². The lowest BCUT2D eigenvalue weighted by molar-refractivity contribution is -0.156. The number of imide groups is 3. The summed E-state index contributed by atoms with van der Waals surface area (Å²) in [5.41, 5.74) is -0.738. The van der Waals surface area contributed by atoms with Crippen LogP contribution in [0.1, 0.15) is 52.1 Å². The highest BCUT2D eigenvalue weighted by Crippen LogP contribution is 2.53. The molecule has 4 rings (SSSR count). The van der Waals surface area contributed by atoms with Crippen LogP contribution in [-0.2, 0) is 27.5 Å². The van der Waals surface area contributed by atoms with E-state index in [4.69, 9.17) is 9.84 Å². The van der Waals surface area contributed by atoms with Crippen LogP contribution in [0.3, 0.4) is 0 Å². The fourth-order valence-electron chi connectivity index (χ4n) is 5.45. The van der Waals surface area contributed by atoms with Gasteiger partial charge in [0.1, 0.15) is 18.1 Å². The van der Waals surface area contributed by atoms with Crippen molar-refractivity contribution in [2.24, 2.45) is 10.8 Å². The molecule has 2 unspecified atom stereocenters. The number of rotatable bonds is 7. The Morgan fingerprint density at radius 3 is 2.49 bits per heavy atom. The number of carboxylic acid groups (broad SMARTS) is 1. The molecule has 1 aromatic carbocycles. The normalized spacial score (nSPS) is 22.3. The smallest absolute Gasteiger partial charge is 0.421 e. The number of carbonyl (C=O) groups is 4. The second-order valence-electron chi connectivity index (χ2n) is 10.5. The van der Waals surface area contributed by atoms with Gasteiger partial charge < -0.3 is 19.8 Å². The number of likely N-dealkylation sites (tertiary alicyclic amines) is 1. The number of aliphatic hydroxyl groups excluding tert-OH is 1. The summed E-state index contributed by atoms with van der Waals surface area (Å²) >= 11 is 0. The number of carbonyl (C=O) groups excluding carboxylic acids is 3. The van der Waals surface area contributed by atoms with Crippen LogP contribution in [0.25, 0.3) is 0 Å². The second-order valence-corrected chi connectivity index (χ2v) is 10.5. The minimum absolute atomic E-state index is 0.0683. The van der Waals surface area contributed by atoms with Crippen LogP contribution in [0.4, 0.5) is 10.5 Å². The van der Waals surface area contributed by atoms with Gasteiger partial charge in [0.2, 0.25) is 17.7 Å². The van der Waals surface area contributed by atoms with Gasteiger partial charge in [0.25, 0.3) is 0 Å². The van der Waals surface area contributed by atoms with Gasteiger partial charge in [-0.1, -0.05) is 26.0 Å². The number of amides is 4. The lowest BCUT2D eigenvalue weighted by Crippen LogP contribution is -2.61. The fourth-order valence-corrected chi connectivity index (χ4v) is 5.45. The molecule has 4 amide bonds. The van der Waals surface area contributed by atoms with Crippen molar-refractivity contribution < 1.29 is 34.1 Å². The Hall–Kier alpha value is -3.80. The van der Waals surface area contributed by atoms with Crippen molar-refractivity contribution in [3.05, 3.63) is 36.2 Å². The Labute approximate surface area is 213 Å². The molecule has 0 radical (unpaired) electrons. The van der Waals surface area contributed by atoms with Crippen LogP contribution in [0, 0.1) is 10.8 Å². The molecule has 12 heteroatoms. The molecular weight excluding hydrogens is 482 g/mol. The maximum absolute atomic E-state index is 13.4. The Kier molecular flexibility index (Phi) is 7.05. The summed E-state index contributed by atoms with van der Waals surface area (Å²) in [6.07, 6.45) is 0.513. The number of anilines is 1. The Bertz CT molecular complexity index is 1200. The number of aromatic nitrogens is 3. The zero-order valence-electron chi connectivity index (χ0n) is 21.1. The number of aliphatic hydroxyl groups is 1. The van der Waals surface area contributed by atoms with Crippen LogP contribution in [-0.4, -0.2) is 66.6 Å². The van der Waals surface area contributed by atoms with Gasteiger partial charge in [0, 0.05) is 31.7 Å². The molecule has 0 aliphatic carbocycles. The van der Waals surface area contributed by atoms with E-state index < -0.39 is 34.8 Å². The molecule has 2 fully saturated rings. The van der Waals surface area contributed by atoms with Gasteiger partial charge in [0.15, 0.2) is 0 Å². The van der Waals surface area contributed by atoms with Crippen molar-refractivity contribution in [2.75, 3.05) is 11.5 Å². The molecule has 2 aliphatic heterocycles. The first-order valence-corrected chi connectivity index (χ1v) is 12.1. The molecule has 0 saturated carbocycles. The first kappa shape index (κ1) is 26.3. The van der Waals surface area contributed by atoms with Gasteiger partial charge in [-0.15, -0.1) is 5.10 Å². The molecule has 0 bridgehead atoms. The predicted molar refractivity (Wildman–Crippen MR) is 129 cm³/mol. The molecule has 37 heavy (non-hydrogen) atoms. The largest absolute Gasteiger partial charge is 0.487 e. The average Bonchev–Trinajstić information content (AvgIpc) is 3.41. The van der Waals surface area contributed by atoms with E-state index in [1.165, 1.54) is 0 Å². The highest BCUT2D eigenvalue weighted by atomic mass is 16.5. The zero-order chi connectivity index (χ0) is 27.0. The number of aryl methyl sites for hydroxylation is 1. The summed E-state index contributed by atoms with van der Waals surface area (Å²) in [5, 5.41) is 26.5. The third kappa shape index (κ3) is 4.93. The molecule has 2 saturated heterocycles. The monoisotopic (exact) mass is 513 g/mol. The average molecular weight is 514 g/mol. The van der Waals surface area contributed by atoms with Crippen LogP contribution in [0.5, 0.6) is 5.75 Å². The molecule has 1 spiro atoms. The molecule has 2 aromatic rings. The van der Waals surface area contributed by atoms with Crippen LogP contribution >= 0.6 is 0 Å². The number of piperidine rings is 1. The Balaban J connectivity index is 1.55. The molecule has 2 atom stereocenters. The van der Waals surface area contributed by atoms with Crippen molar-refractivity contribution in [2.45, 2.75) is 65.6 Å². The number of ether oxygens (including phenoxy) is 1. The summed E-state index contributed by atoms with van der Waals surface area (Å²) in [5.74, 6) is -1.37. The Morgan fingerprint density at radius 2 is 1.86 bits per heavy atom. The first-order chi connectivity index (χ1) is 17.5. The number of benzene rings is 1. The van der Waals surface area contributed by atoms with Crippen molar-refractivity contribution in [3.63, 3.8) is 0 Å². The van der Waals surface area contributed by atoms with E-state index in [0.29, 0.717) is 30.1 Å². The topological polar surface area (TPSA) is 155 Å². The van der Waals surface area contributed by atoms with E-state index in [1.54, 1.807) is 40.0 Å². The standard InChI is InChI=1S/C25H31N5O7/c1-24(2,3)21-25(10-9-19(32)30(22(25)34)23(35)36)13-20(33)29(21)17-5-7-18(8-6-17)37-15-16-14-28(27-26-16)11-4-12-31/h5-8,14,21,31H,4,9-13,15H2,1-3H3,(H,35,36). The van der Waals surface area contributed by atoms with Gasteiger partial charge in [0.05, 0.1) is 17.7 Å². The van der Waals surface area contributed by atoms with E-state index in [-0.39, 0.29) is 43.3 Å². The van der Waals surface area contributed by atoms with Crippen molar-refractivity contribution in [1.29, 1.82) is 0 Å². The fraction of sp³-hybridized carbons (Fsp3) is 0.520. The van der Waals surface area contributed by atoms with Crippen LogP contribution < -0.4 is 9.64 Å². The summed E-state index contributed by atoms with van der Waals surface area (Å²) in [6, 6.07) is 6.20. The zero-order valence-corrected chi connectivity index (χ0v) is 21.1. The van der Waals surface area contributed by atoms with Crippen molar-refractivity contribution in [3.8, 4) is 5.75 Å². The van der Waals surface area contributed by atoms with Gasteiger partial charge in [-0.2, -0.15) is 4.90 Å². The first-order valence-electron chi connectivity index (χ1n) is 12.1. The van der Waals surface area contributed by atoms with E-state index in [9.17, 15) is 24.3 Å².